The topological polar surface area (TPSA) is 66.6 Å². The van der Waals surface area contributed by atoms with Crippen molar-refractivity contribution in [1.29, 1.82) is 0 Å². The maximum Gasteiger partial charge on any atom is 0.224 e. The lowest BCUT2D eigenvalue weighted by Crippen LogP contribution is -2.36. The highest BCUT2D eigenvalue weighted by molar-refractivity contribution is 7.80. The molecule has 0 unspecified atom stereocenters. The summed E-state index contributed by atoms with van der Waals surface area (Å²) in [6, 6.07) is 0. The van der Waals surface area contributed by atoms with Gasteiger partial charge in [-0.1, -0.05) is 26.1 Å². The third-order valence-corrected chi connectivity index (χ3v) is 4.35. The number of carbonyl (C=O) groups is 2. The Kier molecular flexibility index (Phi) is 6.58. The second-order valence-electron chi connectivity index (χ2n) is 6.58. The summed E-state index contributed by atoms with van der Waals surface area (Å²) in [5.41, 5.74) is 5.64. The number of amides is 2. The van der Waals surface area contributed by atoms with Gasteiger partial charge in [0.1, 0.15) is 0 Å². The molecule has 0 atom stereocenters. The molecule has 0 aromatic rings. The number of hydrogen-bond acceptors (Lipinski definition) is 3. The van der Waals surface area contributed by atoms with Crippen LogP contribution >= 0.6 is 12.2 Å². The van der Waals surface area contributed by atoms with Crippen LogP contribution in [0.4, 0.5) is 0 Å². The van der Waals surface area contributed by atoms with E-state index in [1.165, 1.54) is 0 Å². The van der Waals surface area contributed by atoms with E-state index in [4.69, 9.17) is 18.0 Å². The molecule has 21 heavy (non-hydrogen) atoms. The van der Waals surface area contributed by atoms with Crippen LogP contribution in [0.1, 0.15) is 46.0 Å². The average molecular weight is 313 g/mol. The molecule has 1 saturated heterocycles. The van der Waals surface area contributed by atoms with Gasteiger partial charge in [0.05, 0.1) is 4.99 Å². The molecule has 6 heteroatoms. The smallest absolute Gasteiger partial charge is 0.224 e. The van der Waals surface area contributed by atoms with E-state index in [-0.39, 0.29) is 17.2 Å². The highest BCUT2D eigenvalue weighted by atomic mass is 32.1. The Morgan fingerprint density at radius 3 is 2.67 bits per heavy atom. The standard InChI is InChI=1S/C15H27N3O2S/c1-15(2)7-4-14(20)18(11-8-15)10-6-13(19)17(3)9-5-12(16)21/h4-11H2,1-3H3,(H2,16,21). The molecule has 0 aliphatic carbocycles. The summed E-state index contributed by atoms with van der Waals surface area (Å²) in [7, 11) is 1.74. The van der Waals surface area contributed by atoms with Crippen LogP contribution in [-0.2, 0) is 9.59 Å². The van der Waals surface area contributed by atoms with Crippen LogP contribution in [0.15, 0.2) is 0 Å². The summed E-state index contributed by atoms with van der Waals surface area (Å²) in [5, 5.41) is 0. The Morgan fingerprint density at radius 1 is 1.38 bits per heavy atom. The van der Waals surface area contributed by atoms with Gasteiger partial charge in [0.15, 0.2) is 0 Å². The first kappa shape index (κ1) is 17.9. The molecule has 1 fully saturated rings. The number of nitrogens with zero attached hydrogens (tertiary/aromatic N) is 2. The Balaban J connectivity index is 2.41. The molecule has 0 spiro atoms. The predicted octanol–water partition coefficient (Wildman–Crippen LogP) is 1.55. The monoisotopic (exact) mass is 313 g/mol. The lowest BCUT2D eigenvalue weighted by Gasteiger charge is -2.24. The minimum absolute atomic E-state index is 0.0301. The van der Waals surface area contributed by atoms with Crippen molar-refractivity contribution >= 4 is 29.0 Å². The molecule has 2 N–H and O–H groups in total. The van der Waals surface area contributed by atoms with Gasteiger partial charge in [0.25, 0.3) is 0 Å². The minimum atomic E-state index is 0.0301. The Bertz CT molecular complexity index is 410. The first-order valence-corrected chi connectivity index (χ1v) is 7.92. The number of thiocarbonyl (C=S) groups is 1. The summed E-state index contributed by atoms with van der Waals surface area (Å²) in [6.07, 6.45) is 3.39. The zero-order valence-electron chi connectivity index (χ0n) is 13.4. The molecule has 0 radical (unpaired) electrons. The highest BCUT2D eigenvalue weighted by Crippen LogP contribution is 2.30. The number of rotatable bonds is 6. The van der Waals surface area contributed by atoms with Gasteiger partial charge < -0.3 is 15.5 Å². The van der Waals surface area contributed by atoms with Gasteiger partial charge >= 0.3 is 0 Å². The Morgan fingerprint density at radius 2 is 2.05 bits per heavy atom. The van der Waals surface area contributed by atoms with Crippen LogP contribution < -0.4 is 5.73 Å². The summed E-state index contributed by atoms with van der Waals surface area (Å²) in [6.45, 7) is 6.17. The van der Waals surface area contributed by atoms with E-state index in [9.17, 15) is 9.59 Å². The van der Waals surface area contributed by atoms with Crippen LogP contribution in [-0.4, -0.2) is 53.3 Å². The maximum atomic E-state index is 12.1. The van der Waals surface area contributed by atoms with E-state index in [2.05, 4.69) is 13.8 Å². The molecule has 0 aromatic carbocycles. The normalized spacial score (nSPS) is 18.2. The molecule has 120 valence electrons. The summed E-state index contributed by atoms with van der Waals surface area (Å²) >= 11 is 4.81. The van der Waals surface area contributed by atoms with Gasteiger partial charge in [0.2, 0.25) is 11.8 Å². The van der Waals surface area contributed by atoms with Crippen molar-refractivity contribution in [2.45, 2.75) is 46.0 Å². The molecule has 1 aliphatic heterocycles. The van der Waals surface area contributed by atoms with Gasteiger partial charge in [-0.15, -0.1) is 0 Å². The zero-order valence-corrected chi connectivity index (χ0v) is 14.2. The van der Waals surface area contributed by atoms with E-state index in [1.807, 2.05) is 4.90 Å². The van der Waals surface area contributed by atoms with E-state index >= 15 is 0 Å². The molecule has 1 heterocycles. The van der Waals surface area contributed by atoms with Crippen molar-refractivity contribution in [3.63, 3.8) is 0 Å². The van der Waals surface area contributed by atoms with Crippen molar-refractivity contribution in [2.75, 3.05) is 26.7 Å². The third kappa shape index (κ3) is 6.42. The van der Waals surface area contributed by atoms with E-state index in [1.54, 1.807) is 11.9 Å². The third-order valence-electron chi connectivity index (χ3n) is 4.14. The Hall–Kier alpha value is -1.17. The van der Waals surface area contributed by atoms with E-state index < -0.39 is 0 Å². The lowest BCUT2D eigenvalue weighted by atomic mass is 9.85. The zero-order chi connectivity index (χ0) is 16.0. The van der Waals surface area contributed by atoms with Crippen molar-refractivity contribution < 1.29 is 9.59 Å². The molecule has 1 aliphatic rings. The minimum Gasteiger partial charge on any atom is -0.393 e. The van der Waals surface area contributed by atoms with Crippen molar-refractivity contribution in [3.05, 3.63) is 0 Å². The largest absolute Gasteiger partial charge is 0.393 e. The van der Waals surface area contributed by atoms with Crippen molar-refractivity contribution in [2.24, 2.45) is 11.1 Å². The molecule has 2 amide bonds. The first-order valence-electron chi connectivity index (χ1n) is 7.51. The second kappa shape index (κ2) is 7.73. The van der Waals surface area contributed by atoms with Crippen LogP contribution in [0.25, 0.3) is 0 Å². The number of likely N-dealkylation sites (tertiary alicyclic amines) is 1. The molecule has 0 saturated carbocycles. The molecular formula is C15H27N3O2S. The van der Waals surface area contributed by atoms with Gasteiger partial charge in [-0.2, -0.15) is 0 Å². The molecule has 0 bridgehead atoms. The summed E-state index contributed by atoms with van der Waals surface area (Å²) in [4.78, 5) is 28.0. The molecule has 1 rings (SSSR count). The fourth-order valence-electron chi connectivity index (χ4n) is 2.35. The van der Waals surface area contributed by atoms with Crippen LogP contribution in [0.5, 0.6) is 0 Å². The predicted molar refractivity (Wildman–Crippen MR) is 87.9 cm³/mol. The lowest BCUT2D eigenvalue weighted by molar-refractivity contribution is -0.133. The second-order valence-corrected chi connectivity index (χ2v) is 7.10. The van der Waals surface area contributed by atoms with Crippen LogP contribution in [0.2, 0.25) is 0 Å². The fourth-order valence-corrected chi connectivity index (χ4v) is 2.44. The Labute approximate surface area is 132 Å². The van der Waals surface area contributed by atoms with E-state index in [0.717, 1.165) is 19.4 Å². The van der Waals surface area contributed by atoms with Crippen LogP contribution in [0, 0.1) is 5.41 Å². The fraction of sp³-hybridized carbons (Fsp3) is 0.800. The van der Waals surface area contributed by atoms with Crippen molar-refractivity contribution in [3.8, 4) is 0 Å². The van der Waals surface area contributed by atoms with Gasteiger partial charge in [-0.05, 0) is 18.3 Å². The van der Waals surface area contributed by atoms with Gasteiger partial charge in [-0.25, -0.2) is 0 Å². The number of nitrogens with two attached hydrogens (primary N) is 1. The first-order chi connectivity index (χ1) is 9.71. The van der Waals surface area contributed by atoms with E-state index in [0.29, 0.717) is 37.3 Å². The summed E-state index contributed by atoms with van der Waals surface area (Å²) in [5.74, 6) is 0.196. The van der Waals surface area contributed by atoms with Gasteiger partial charge in [0, 0.05) is 45.9 Å². The average Bonchev–Trinajstić information content (AvgIpc) is 2.53. The quantitative estimate of drug-likeness (QED) is 0.756. The van der Waals surface area contributed by atoms with Crippen LogP contribution in [0.3, 0.4) is 0 Å². The van der Waals surface area contributed by atoms with Gasteiger partial charge in [-0.3, -0.25) is 9.59 Å². The SMILES string of the molecule is CN(CCC(N)=S)C(=O)CCN1CCC(C)(C)CCC1=O. The molecule has 0 aromatic heterocycles. The maximum absolute atomic E-state index is 12.1. The highest BCUT2D eigenvalue weighted by Gasteiger charge is 2.27. The number of carbonyl (C=O) groups excluding carboxylic acids is 2. The molecular weight excluding hydrogens is 286 g/mol. The summed E-state index contributed by atoms with van der Waals surface area (Å²) < 4.78 is 0. The number of hydrogen-bond donors (Lipinski definition) is 1. The molecule has 5 nitrogen and oxygen atoms in total. The van der Waals surface area contributed by atoms with Crippen molar-refractivity contribution in [1.82, 2.24) is 9.80 Å².